The highest BCUT2D eigenvalue weighted by molar-refractivity contribution is 7.99. The van der Waals surface area contributed by atoms with Gasteiger partial charge in [0, 0.05) is 30.2 Å². The van der Waals surface area contributed by atoms with E-state index in [1.165, 1.54) is 31.7 Å². The number of rotatable bonds is 4. The Balaban J connectivity index is 1.63. The Kier molecular flexibility index (Phi) is 6.62. The van der Waals surface area contributed by atoms with E-state index in [4.69, 9.17) is 38.7 Å². The second-order valence-electron chi connectivity index (χ2n) is 8.14. The number of aromatic nitrogens is 3. The number of piperidine rings is 1. The summed E-state index contributed by atoms with van der Waals surface area (Å²) in [5.74, 6) is 0.0510. The Morgan fingerprint density at radius 1 is 1.29 bits per heavy atom. The van der Waals surface area contributed by atoms with E-state index in [-0.39, 0.29) is 22.3 Å². The van der Waals surface area contributed by atoms with Crippen LogP contribution in [0.5, 0.6) is 0 Å². The van der Waals surface area contributed by atoms with E-state index in [2.05, 4.69) is 14.9 Å². The second-order valence-corrected chi connectivity index (χ2v) is 9.91. The van der Waals surface area contributed by atoms with Crippen molar-refractivity contribution in [2.24, 2.45) is 11.1 Å². The molecule has 1 saturated heterocycles. The number of hydrogen-bond acceptors (Lipinski definition) is 8. The quantitative estimate of drug-likeness (QED) is 0.502. The van der Waals surface area contributed by atoms with Gasteiger partial charge in [0.25, 0.3) is 0 Å². The van der Waals surface area contributed by atoms with Crippen molar-refractivity contribution in [3.8, 4) is 0 Å². The highest BCUT2D eigenvalue weighted by Crippen LogP contribution is 2.46. The van der Waals surface area contributed by atoms with Crippen molar-refractivity contribution in [3.05, 3.63) is 33.8 Å². The number of nitrogens with two attached hydrogens (primary N) is 1. The van der Waals surface area contributed by atoms with Gasteiger partial charge < -0.3 is 15.4 Å². The summed E-state index contributed by atoms with van der Waals surface area (Å²) < 4.78 is 5.01. The maximum absolute atomic E-state index is 12.6. The maximum Gasteiger partial charge on any atom is 0.360 e. The summed E-state index contributed by atoms with van der Waals surface area (Å²) in [5.41, 5.74) is 7.55. The molecule has 7 nitrogen and oxygen atoms in total. The molecule has 1 atom stereocenters. The maximum atomic E-state index is 12.6. The van der Waals surface area contributed by atoms with Crippen molar-refractivity contribution >= 4 is 46.8 Å². The zero-order valence-corrected chi connectivity index (χ0v) is 19.9. The van der Waals surface area contributed by atoms with Gasteiger partial charge in [-0.3, -0.25) is 0 Å². The van der Waals surface area contributed by atoms with Crippen LogP contribution in [0.3, 0.4) is 0 Å². The Morgan fingerprint density at radius 3 is 2.68 bits per heavy atom. The average Bonchev–Trinajstić information content (AvgIpc) is 3.12. The van der Waals surface area contributed by atoms with Crippen LogP contribution >= 0.6 is 35.0 Å². The van der Waals surface area contributed by atoms with Crippen molar-refractivity contribution in [3.63, 3.8) is 0 Å². The normalized spacial score (nSPS) is 20.3. The molecule has 0 radical (unpaired) electrons. The fourth-order valence-corrected chi connectivity index (χ4v) is 5.87. The minimum Gasteiger partial charge on any atom is -0.464 e. The van der Waals surface area contributed by atoms with Crippen LogP contribution in [-0.2, 0) is 4.74 Å². The van der Waals surface area contributed by atoms with Gasteiger partial charge in [0.1, 0.15) is 10.2 Å². The largest absolute Gasteiger partial charge is 0.464 e. The first-order valence-corrected chi connectivity index (χ1v) is 11.9. The molecule has 0 aromatic carbocycles. The van der Waals surface area contributed by atoms with E-state index in [1.54, 1.807) is 12.3 Å². The van der Waals surface area contributed by atoms with Gasteiger partial charge in [0.2, 0.25) is 0 Å². The number of carbonyl (C=O) groups excluding carboxylic acids is 1. The van der Waals surface area contributed by atoms with E-state index < -0.39 is 5.97 Å². The van der Waals surface area contributed by atoms with Crippen LogP contribution in [0.1, 0.15) is 48.3 Å². The molecule has 1 unspecified atom stereocenters. The number of pyridine rings is 1. The van der Waals surface area contributed by atoms with Gasteiger partial charge in [-0.15, -0.1) is 0 Å². The van der Waals surface area contributed by atoms with Crippen LogP contribution in [0, 0.1) is 12.3 Å². The molecule has 2 N–H and O–H groups in total. The number of hydrogen-bond donors (Lipinski definition) is 1. The van der Waals surface area contributed by atoms with Gasteiger partial charge >= 0.3 is 5.97 Å². The predicted molar refractivity (Wildman–Crippen MR) is 122 cm³/mol. The van der Waals surface area contributed by atoms with Crippen LogP contribution in [0.4, 0.5) is 5.82 Å². The van der Waals surface area contributed by atoms with Gasteiger partial charge in [-0.05, 0) is 44.1 Å². The standard InChI is InChI=1S/C21H25Cl2N5O2S/c1-12-19(31-13-5-9-25-17(23)15(13)22)27-16(20(29)30-2)18(26-12)28-10-7-21(8-11-28)6-3-4-14(21)24/h5,9,14H,3-4,6-8,10-11,24H2,1-2H3. The van der Waals surface area contributed by atoms with E-state index in [1.807, 2.05) is 6.92 Å². The molecule has 0 bridgehead atoms. The molecule has 31 heavy (non-hydrogen) atoms. The van der Waals surface area contributed by atoms with Crippen LogP contribution < -0.4 is 10.6 Å². The number of halogens is 2. The predicted octanol–water partition coefficient (Wildman–Crippen LogP) is 4.52. The van der Waals surface area contributed by atoms with Crippen molar-refractivity contribution in [2.45, 2.75) is 55.0 Å². The number of anilines is 1. The molecule has 0 amide bonds. The minimum atomic E-state index is -0.513. The molecular weight excluding hydrogens is 457 g/mol. The molecule has 1 spiro atoms. The smallest absolute Gasteiger partial charge is 0.360 e. The molecule has 1 aliphatic carbocycles. The number of methoxy groups -OCH3 is 1. The molecule has 1 saturated carbocycles. The molecular formula is C21H25Cl2N5O2S. The number of esters is 1. The first kappa shape index (κ1) is 22.6. The Morgan fingerprint density at radius 2 is 2.03 bits per heavy atom. The fourth-order valence-electron chi connectivity index (χ4n) is 4.58. The molecule has 2 aliphatic rings. The first-order chi connectivity index (χ1) is 14.8. The lowest BCUT2D eigenvalue weighted by Gasteiger charge is -2.42. The highest BCUT2D eigenvalue weighted by Gasteiger charge is 2.43. The monoisotopic (exact) mass is 481 g/mol. The summed E-state index contributed by atoms with van der Waals surface area (Å²) >= 11 is 13.6. The topological polar surface area (TPSA) is 94.2 Å². The Labute approximate surface area is 196 Å². The summed E-state index contributed by atoms with van der Waals surface area (Å²) in [6, 6.07) is 2.01. The van der Waals surface area contributed by atoms with E-state index in [0.29, 0.717) is 26.5 Å². The van der Waals surface area contributed by atoms with Crippen molar-refractivity contribution < 1.29 is 9.53 Å². The third-order valence-electron chi connectivity index (χ3n) is 6.44. The molecule has 2 aromatic rings. The summed E-state index contributed by atoms with van der Waals surface area (Å²) in [7, 11) is 1.35. The van der Waals surface area contributed by atoms with E-state index in [0.717, 1.165) is 32.4 Å². The number of ether oxygens (including phenoxy) is 1. The fraction of sp³-hybridized carbons (Fsp3) is 0.524. The summed E-state index contributed by atoms with van der Waals surface area (Å²) in [5, 5.41) is 1.13. The number of nitrogens with zero attached hydrogens (tertiary/aromatic N) is 4. The molecule has 1 aliphatic heterocycles. The number of aryl methyl sites for hydroxylation is 1. The highest BCUT2D eigenvalue weighted by atomic mass is 35.5. The minimum absolute atomic E-state index is 0.207. The van der Waals surface area contributed by atoms with Crippen LogP contribution in [0.2, 0.25) is 10.2 Å². The van der Waals surface area contributed by atoms with Gasteiger partial charge in [0.15, 0.2) is 11.5 Å². The van der Waals surface area contributed by atoms with Gasteiger partial charge in [-0.25, -0.2) is 19.7 Å². The average molecular weight is 482 g/mol. The lowest BCUT2D eigenvalue weighted by Crippen LogP contribution is -2.47. The summed E-state index contributed by atoms with van der Waals surface area (Å²) in [6.45, 7) is 3.46. The lowest BCUT2D eigenvalue weighted by atomic mass is 9.74. The van der Waals surface area contributed by atoms with Crippen molar-refractivity contribution in [2.75, 3.05) is 25.1 Å². The SMILES string of the molecule is COC(=O)c1nc(Sc2ccnc(Cl)c2Cl)c(C)nc1N1CCC2(CCCC2N)CC1. The summed E-state index contributed by atoms with van der Waals surface area (Å²) in [4.78, 5) is 28.8. The molecule has 4 rings (SSSR count). The van der Waals surface area contributed by atoms with Crippen LogP contribution in [0.15, 0.2) is 22.2 Å². The van der Waals surface area contributed by atoms with Crippen molar-refractivity contribution in [1.82, 2.24) is 15.0 Å². The zero-order valence-electron chi connectivity index (χ0n) is 17.5. The van der Waals surface area contributed by atoms with Crippen LogP contribution in [-0.4, -0.2) is 47.2 Å². The zero-order chi connectivity index (χ0) is 22.2. The van der Waals surface area contributed by atoms with Gasteiger partial charge in [-0.2, -0.15) is 0 Å². The Hall–Kier alpha value is -1.61. The van der Waals surface area contributed by atoms with Gasteiger partial charge in [0.05, 0.1) is 17.8 Å². The lowest BCUT2D eigenvalue weighted by molar-refractivity contribution is 0.0593. The number of carbonyl (C=O) groups is 1. The Bertz CT molecular complexity index is 998. The second kappa shape index (κ2) is 9.10. The molecule has 3 heterocycles. The molecule has 2 fully saturated rings. The van der Waals surface area contributed by atoms with Gasteiger partial charge in [-0.1, -0.05) is 41.4 Å². The molecule has 2 aromatic heterocycles. The van der Waals surface area contributed by atoms with E-state index >= 15 is 0 Å². The molecule has 166 valence electrons. The first-order valence-electron chi connectivity index (χ1n) is 10.3. The summed E-state index contributed by atoms with van der Waals surface area (Å²) in [6.07, 6.45) is 7.04. The third kappa shape index (κ3) is 4.35. The molecule has 10 heteroatoms. The third-order valence-corrected chi connectivity index (χ3v) is 8.46. The van der Waals surface area contributed by atoms with Crippen LogP contribution in [0.25, 0.3) is 0 Å². The van der Waals surface area contributed by atoms with Crippen molar-refractivity contribution in [1.29, 1.82) is 0 Å². The van der Waals surface area contributed by atoms with E-state index in [9.17, 15) is 4.79 Å².